The first-order valence-electron chi connectivity index (χ1n) is 3.81. The van der Waals surface area contributed by atoms with Crippen molar-refractivity contribution in [2.24, 2.45) is 0 Å². The number of nitrogens with zero attached hydrogens (tertiary/aromatic N) is 1. The van der Waals surface area contributed by atoms with E-state index in [-0.39, 0.29) is 51.4 Å². The van der Waals surface area contributed by atoms with Gasteiger partial charge in [-0.15, -0.1) is 0 Å². The molecule has 0 spiro atoms. The number of hydrogen-bond donors (Lipinski definition) is 2. The Morgan fingerprint density at radius 1 is 1.00 bits per heavy atom. The largest absolute Gasteiger partial charge is 1.00 e. The Morgan fingerprint density at radius 3 is 1.20 bits per heavy atom. The van der Waals surface area contributed by atoms with Crippen LogP contribution in [0.3, 0.4) is 0 Å². The van der Waals surface area contributed by atoms with E-state index in [4.69, 9.17) is 10.2 Å². The molecular weight excluding hydrogens is 225 g/mol. The maximum Gasteiger partial charge on any atom is 1.00 e. The van der Waals surface area contributed by atoms with E-state index in [9.17, 15) is 9.59 Å². The number of carboxylic acid groups (broad SMARTS) is 2. The predicted octanol–water partition coefficient (Wildman–Crippen LogP) is -2.27. The SMILES string of the molecule is CN(C)C.O=C(O)/C=C/C(=O)O.[CH2-]C.[K+]. The molecule has 0 aromatic heterocycles. The van der Waals surface area contributed by atoms with Crippen molar-refractivity contribution in [2.45, 2.75) is 6.92 Å². The number of carbonyl (C=O) groups is 2. The Morgan fingerprint density at radius 2 is 1.13 bits per heavy atom. The molecule has 0 radical (unpaired) electrons. The number of hydrogen-bond acceptors (Lipinski definition) is 3. The predicted molar refractivity (Wildman–Crippen MR) is 55.1 cm³/mol. The topological polar surface area (TPSA) is 77.8 Å². The maximum absolute atomic E-state index is 9.55. The molecule has 0 bridgehead atoms. The van der Waals surface area contributed by atoms with E-state index in [0.717, 1.165) is 0 Å². The summed E-state index contributed by atoms with van der Waals surface area (Å²) in [5.74, 6) is -2.51. The third-order valence-corrected chi connectivity index (χ3v) is 0.368. The first-order chi connectivity index (χ1) is 6.36. The molecule has 0 aliphatic carbocycles. The van der Waals surface area contributed by atoms with Crippen molar-refractivity contribution in [1.29, 1.82) is 0 Å². The summed E-state index contributed by atoms with van der Waals surface area (Å²) in [4.78, 5) is 21.1. The van der Waals surface area contributed by atoms with Crippen LogP contribution < -0.4 is 51.4 Å². The van der Waals surface area contributed by atoms with Crippen molar-refractivity contribution in [2.75, 3.05) is 21.1 Å². The molecule has 0 heterocycles. The third kappa shape index (κ3) is 77.3. The van der Waals surface area contributed by atoms with Crippen molar-refractivity contribution in [3.05, 3.63) is 19.1 Å². The van der Waals surface area contributed by atoms with E-state index >= 15 is 0 Å². The van der Waals surface area contributed by atoms with Gasteiger partial charge in [-0.3, -0.25) is 0 Å². The van der Waals surface area contributed by atoms with Crippen LogP contribution in [-0.2, 0) is 9.59 Å². The summed E-state index contributed by atoms with van der Waals surface area (Å²) < 4.78 is 0. The van der Waals surface area contributed by atoms with Crippen LogP contribution in [0.1, 0.15) is 6.92 Å². The van der Waals surface area contributed by atoms with E-state index in [1.807, 2.05) is 26.0 Å². The van der Waals surface area contributed by atoms with E-state index < -0.39 is 11.9 Å². The number of aliphatic carboxylic acids is 2. The Bertz CT molecular complexity index is 162. The Labute approximate surface area is 134 Å². The molecule has 15 heavy (non-hydrogen) atoms. The van der Waals surface area contributed by atoms with Crippen LogP contribution in [0.4, 0.5) is 0 Å². The van der Waals surface area contributed by atoms with Crippen LogP contribution >= 0.6 is 0 Å². The average molecular weight is 243 g/mol. The zero-order chi connectivity index (χ0) is 12.1. The zero-order valence-electron chi connectivity index (χ0n) is 10.0. The van der Waals surface area contributed by atoms with Crippen LogP contribution in [0.25, 0.3) is 0 Å². The van der Waals surface area contributed by atoms with Gasteiger partial charge >= 0.3 is 63.3 Å². The molecule has 5 nitrogen and oxygen atoms in total. The molecule has 0 aliphatic heterocycles. The van der Waals surface area contributed by atoms with E-state index in [2.05, 4.69) is 6.92 Å². The van der Waals surface area contributed by atoms with Gasteiger partial charge < -0.3 is 22.0 Å². The third-order valence-electron chi connectivity index (χ3n) is 0.368. The molecule has 0 rings (SSSR count). The minimum Gasteiger partial charge on any atom is -0.478 e. The fourth-order valence-corrected chi connectivity index (χ4v) is 0.143. The number of rotatable bonds is 2. The zero-order valence-corrected chi connectivity index (χ0v) is 13.1. The standard InChI is InChI=1S/C4H4O4.C3H9N.C2H5.K/c5-3(6)1-2-4(7)8;1-4(2)3;1-2;/h1-2H,(H,5,6)(H,7,8);1-3H3;1H2,2H3;/q;;-1;+1/b2-1+;;;. The average Bonchev–Trinajstić information content (AvgIpc) is 2.03. The molecule has 0 unspecified atom stereocenters. The second kappa shape index (κ2) is 19.8. The van der Waals surface area contributed by atoms with Gasteiger partial charge in [0.15, 0.2) is 0 Å². The fraction of sp³-hybridized carbons (Fsp3) is 0.444. The summed E-state index contributed by atoms with van der Waals surface area (Å²) in [6.45, 7) is 5.00. The van der Waals surface area contributed by atoms with Gasteiger partial charge in [-0.2, -0.15) is 6.92 Å². The molecule has 6 heteroatoms. The molecule has 84 valence electrons. The van der Waals surface area contributed by atoms with Gasteiger partial charge in [-0.1, -0.05) is 0 Å². The van der Waals surface area contributed by atoms with Gasteiger partial charge in [0.25, 0.3) is 0 Å². The smallest absolute Gasteiger partial charge is 0.478 e. The molecule has 0 saturated heterocycles. The summed E-state index contributed by atoms with van der Waals surface area (Å²) in [5.41, 5.74) is 0. The number of carboxylic acids is 2. The van der Waals surface area contributed by atoms with Crippen LogP contribution in [0.5, 0.6) is 0 Å². The Hall–Kier alpha value is 0.276. The Kier molecular flexibility index (Phi) is 32.3. The van der Waals surface area contributed by atoms with Gasteiger partial charge in [0.05, 0.1) is 0 Å². The molecule has 0 aliphatic rings. The molecule has 0 aromatic carbocycles. The summed E-state index contributed by atoms with van der Waals surface area (Å²) in [5, 5.41) is 15.6. The molecule has 0 aromatic rings. The van der Waals surface area contributed by atoms with E-state index in [1.165, 1.54) is 0 Å². The van der Waals surface area contributed by atoms with Crippen molar-refractivity contribution < 1.29 is 71.2 Å². The monoisotopic (exact) mass is 243 g/mol. The van der Waals surface area contributed by atoms with Crippen molar-refractivity contribution in [1.82, 2.24) is 4.90 Å². The summed E-state index contributed by atoms with van der Waals surface area (Å²) >= 11 is 0. The van der Waals surface area contributed by atoms with Gasteiger partial charge in [0.2, 0.25) is 0 Å². The van der Waals surface area contributed by atoms with Gasteiger partial charge in [-0.25, -0.2) is 9.59 Å². The van der Waals surface area contributed by atoms with Crippen LogP contribution in [-0.4, -0.2) is 48.2 Å². The second-order valence-electron chi connectivity index (χ2n) is 2.35. The fourth-order valence-electron chi connectivity index (χ4n) is 0.143. The Balaban J connectivity index is -0.0000000742. The minimum atomic E-state index is -1.26. The molecule has 0 saturated carbocycles. The van der Waals surface area contributed by atoms with Gasteiger partial charge in [0.1, 0.15) is 0 Å². The summed E-state index contributed by atoms with van der Waals surface area (Å²) in [7, 11) is 6.00. The van der Waals surface area contributed by atoms with E-state index in [0.29, 0.717) is 12.2 Å². The molecule has 0 fully saturated rings. The van der Waals surface area contributed by atoms with Crippen molar-refractivity contribution in [3.8, 4) is 0 Å². The first kappa shape index (κ1) is 24.5. The summed E-state index contributed by atoms with van der Waals surface area (Å²) in [6, 6.07) is 0. The molecular formula is C9H18KNO4. The molecule has 2 N–H and O–H groups in total. The van der Waals surface area contributed by atoms with Crippen molar-refractivity contribution in [3.63, 3.8) is 0 Å². The second-order valence-corrected chi connectivity index (χ2v) is 2.35. The summed E-state index contributed by atoms with van der Waals surface area (Å²) in [6.07, 6.45) is 1.12. The normalized spacial score (nSPS) is 7.87. The quantitative estimate of drug-likeness (QED) is 0.325. The van der Waals surface area contributed by atoms with Crippen molar-refractivity contribution >= 4 is 11.9 Å². The maximum atomic E-state index is 9.55. The van der Waals surface area contributed by atoms with Gasteiger partial charge in [-0.05, 0) is 21.1 Å². The minimum absolute atomic E-state index is 0. The van der Waals surface area contributed by atoms with Crippen LogP contribution in [0.2, 0.25) is 0 Å². The van der Waals surface area contributed by atoms with E-state index in [1.54, 1.807) is 6.92 Å². The van der Waals surface area contributed by atoms with Crippen LogP contribution in [0, 0.1) is 6.92 Å². The van der Waals surface area contributed by atoms with Gasteiger partial charge in [0, 0.05) is 12.2 Å². The molecule has 0 amide bonds. The molecule has 0 atom stereocenters. The van der Waals surface area contributed by atoms with Crippen LogP contribution in [0.15, 0.2) is 12.2 Å². The first-order valence-corrected chi connectivity index (χ1v) is 3.81.